The van der Waals surface area contributed by atoms with Crippen molar-refractivity contribution in [2.24, 2.45) is 5.10 Å². The zero-order chi connectivity index (χ0) is 21.3. The normalized spacial score (nSPS) is 11.6. The molecule has 0 aliphatic rings. The maximum absolute atomic E-state index is 12.4. The molecule has 30 heavy (non-hydrogen) atoms. The Labute approximate surface area is 210 Å². The fourth-order valence-corrected chi connectivity index (χ4v) is 4.84. The molecule has 4 rings (SSSR count). The van der Waals surface area contributed by atoms with Crippen LogP contribution in [0.3, 0.4) is 0 Å². The number of halogens is 4. The number of nitrogens with zero attached hydrogens (tertiary/aromatic N) is 2. The van der Waals surface area contributed by atoms with Crippen LogP contribution in [0.5, 0.6) is 0 Å². The molecule has 0 radical (unpaired) electrons. The van der Waals surface area contributed by atoms with Crippen molar-refractivity contribution < 1.29 is 4.79 Å². The van der Waals surface area contributed by atoms with Crippen molar-refractivity contribution in [2.75, 3.05) is 0 Å². The van der Waals surface area contributed by atoms with Crippen LogP contribution in [0.25, 0.3) is 21.8 Å². The zero-order valence-electron chi connectivity index (χ0n) is 15.5. The van der Waals surface area contributed by atoms with E-state index in [2.05, 4.69) is 96.7 Å². The number of hydrogen-bond donors (Lipinski definition) is 1. The molecule has 0 aliphatic carbocycles. The molecular weight excluding hydrogens is 647 g/mol. The molecule has 1 N–H and O–H groups in total. The van der Waals surface area contributed by atoms with Gasteiger partial charge in [0.05, 0.1) is 16.3 Å². The molecule has 0 atom stereocenters. The third-order valence-corrected chi connectivity index (χ3v) is 6.74. The van der Waals surface area contributed by atoms with Gasteiger partial charge in [-0.05, 0) is 93.7 Å². The molecule has 4 nitrogen and oxygen atoms in total. The first-order valence-corrected chi connectivity index (χ1v) is 12.0. The number of carbonyl (C=O) groups is 1. The van der Waals surface area contributed by atoms with Gasteiger partial charge >= 0.3 is 0 Å². The van der Waals surface area contributed by atoms with E-state index in [0.29, 0.717) is 28.6 Å². The lowest BCUT2D eigenvalue weighted by Crippen LogP contribution is -2.19. The molecule has 0 saturated heterocycles. The molecule has 1 aromatic heterocycles. The summed E-state index contributed by atoms with van der Waals surface area (Å²) in [6.45, 7) is 0.551. The molecule has 4 aromatic rings. The Morgan fingerprint density at radius 2 is 1.53 bits per heavy atom. The second-order valence-corrected chi connectivity index (χ2v) is 9.96. The van der Waals surface area contributed by atoms with Gasteiger partial charge in [0, 0.05) is 47.5 Å². The number of carbonyl (C=O) groups excluding carboxylic acids is 1. The van der Waals surface area contributed by atoms with Crippen LogP contribution in [-0.2, 0) is 11.3 Å². The number of fused-ring (bicyclic) bond motifs is 3. The Kier molecular flexibility index (Phi) is 6.86. The lowest BCUT2D eigenvalue weighted by molar-refractivity contribution is -0.121. The topological polar surface area (TPSA) is 46.4 Å². The minimum Gasteiger partial charge on any atom is -0.340 e. The maximum Gasteiger partial charge on any atom is 0.241 e. The maximum atomic E-state index is 12.4. The van der Waals surface area contributed by atoms with Gasteiger partial charge in [0.2, 0.25) is 5.91 Å². The molecule has 152 valence electrons. The summed E-state index contributed by atoms with van der Waals surface area (Å²) >= 11 is 16.9. The zero-order valence-corrected chi connectivity index (χ0v) is 21.3. The van der Waals surface area contributed by atoms with E-state index in [1.807, 2.05) is 0 Å². The Morgan fingerprint density at radius 1 is 0.967 bits per heavy atom. The van der Waals surface area contributed by atoms with Gasteiger partial charge in [-0.2, -0.15) is 5.10 Å². The highest BCUT2D eigenvalue weighted by atomic mass is 127. The molecule has 1 amide bonds. The highest BCUT2D eigenvalue weighted by Gasteiger charge is 2.12. The monoisotopic (exact) mass is 661 g/mol. The first kappa shape index (κ1) is 21.9. The minimum absolute atomic E-state index is 0.180. The average Bonchev–Trinajstić information content (AvgIpc) is 3.01. The fraction of sp³-hybridized carbons (Fsp3) is 0.0909. The predicted molar refractivity (Wildman–Crippen MR) is 142 cm³/mol. The summed E-state index contributed by atoms with van der Waals surface area (Å²) in [5.41, 5.74) is 5.37. The molecule has 0 fully saturated rings. The van der Waals surface area contributed by atoms with E-state index in [0.717, 1.165) is 11.0 Å². The molecule has 0 saturated carbocycles. The van der Waals surface area contributed by atoms with Crippen LogP contribution in [0.2, 0.25) is 10.0 Å². The summed E-state index contributed by atoms with van der Waals surface area (Å²) in [5, 5.41) is 7.36. The highest BCUT2D eigenvalue weighted by Crippen LogP contribution is 2.31. The van der Waals surface area contributed by atoms with Gasteiger partial charge in [-0.25, -0.2) is 5.43 Å². The van der Waals surface area contributed by atoms with Crippen LogP contribution in [0.15, 0.2) is 59.7 Å². The number of aromatic nitrogens is 1. The Bertz CT molecular complexity index is 1220. The lowest BCUT2D eigenvalue weighted by atomic mass is 10.2. The third-order valence-electron chi connectivity index (χ3n) is 4.73. The van der Waals surface area contributed by atoms with E-state index in [1.165, 1.54) is 24.1 Å². The fourth-order valence-electron chi connectivity index (χ4n) is 3.36. The summed E-state index contributed by atoms with van der Waals surface area (Å²) < 4.78 is 4.55. The number of aryl methyl sites for hydroxylation is 1. The molecular formula is C22H15Cl2I2N3O. The molecule has 0 unspecified atom stereocenters. The van der Waals surface area contributed by atoms with Crippen molar-refractivity contribution in [3.05, 3.63) is 77.3 Å². The molecule has 1 heterocycles. The second kappa shape index (κ2) is 9.42. The number of hydrogen-bond acceptors (Lipinski definition) is 2. The van der Waals surface area contributed by atoms with E-state index < -0.39 is 0 Å². The molecule has 8 heteroatoms. The van der Waals surface area contributed by atoms with Gasteiger partial charge in [0.15, 0.2) is 0 Å². The standard InChI is InChI=1S/C22H15Cl2I2N3O/c23-18-2-1-3-19(24)17(18)12-27-28-22(30)8-9-29-20-6-4-13(25)10-15(20)16-11-14(26)5-7-21(16)29/h1-7,10-12H,8-9H2,(H,28,30)/b27-12+. The van der Waals surface area contributed by atoms with E-state index >= 15 is 0 Å². The van der Waals surface area contributed by atoms with Gasteiger partial charge in [-0.1, -0.05) is 29.3 Å². The summed E-state index contributed by atoms with van der Waals surface area (Å²) in [4.78, 5) is 12.4. The van der Waals surface area contributed by atoms with Crippen molar-refractivity contribution in [3.63, 3.8) is 0 Å². The summed E-state index contributed by atoms with van der Waals surface area (Å²) in [6.07, 6.45) is 1.76. The Morgan fingerprint density at radius 3 is 2.10 bits per heavy atom. The van der Waals surface area contributed by atoms with Crippen LogP contribution in [0.4, 0.5) is 0 Å². The number of benzene rings is 3. The van der Waals surface area contributed by atoms with Gasteiger partial charge in [-0.15, -0.1) is 0 Å². The van der Waals surface area contributed by atoms with Gasteiger partial charge < -0.3 is 4.57 Å². The molecule has 0 aliphatic heterocycles. The van der Waals surface area contributed by atoms with Crippen LogP contribution in [0.1, 0.15) is 12.0 Å². The van der Waals surface area contributed by atoms with E-state index in [-0.39, 0.29) is 5.91 Å². The van der Waals surface area contributed by atoms with Crippen molar-refractivity contribution in [3.8, 4) is 0 Å². The van der Waals surface area contributed by atoms with E-state index in [4.69, 9.17) is 23.2 Å². The lowest BCUT2D eigenvalue weighted by Gasteiger charge is -2.07. The van der Waals surface area contributed by atoms with Gasteiger partial charge in [0.25, 0.3) is 0 Å². The smallest absolute Gasteiger partial charge is 0.241 e. The number of amides is 1. The van der Waals surface area contributed by atoms with E-state index in [1.54, 1.807) is 18.2 Å². The van der Waals surface area contributed by atoms with Crippen LogP contribution < -0.4 is 5.43 Å². The largest absolute Gasteiger partial charge is 0.340 e. The number of nitrogens with one attached hydrogen (secondary N) is 1. The number of hydrazone groups is 1. The Balaban J connectivity index is 1.53. The van der Waals surface area contributed by atoms with Crippen molar-refractivity contribution >= 4 is 102 Å². The first-order chi connectivity index (χ1) is 14.4. The molecule has 0 bridgehead atoms. The summed E-state index contributed by atoms with van der Waals surface area (Å²) in [6, 6.07) is 18.0. The van der Waals surface area contributed by atoms with Crippen molar-refractivity contribution in [1.29, 1.82) is 0 Å². The van der Waals surface area contributed by atoms with Gasteiger partial charge in [0.1, 0.15) is 0 Å². The summed E-state index contributed by atoms with van der Waals surface area (Å²) in [5.74, 6) is -0.180. The van der Waals surface area contributed by atoms with E-state index in [9.17, 15) is 4.79 Å². The third kappa shape index (κ3) is 4.61. The average molecular weight is 662 g/mol. The highest BCUT2D eigenvalue weighted by molar-refractivity contribution is 14.1. The summed E-state index contributed by atoms with van der Waals surface area (Å²) in [7, 11) is 0. The predicted octanol–water partition coefficient (Wildman–Crippen LogP) is 6.85. The van der Waals surface area contributed by atoms with Crippen molar-refractivity contribution in [1.82, 2.24) is 9.99 Å². The van der Waals surface area contributed by atoms with Crippen molar-refractivity contribution in [2.45, 2.75) is 13.0 Å². The first-order valence-electron chi connectivity index (χ1n) is 9.07. The van der Waals surface area contributed by atoms with Crippen LogP contribution >= 0.6 is 68.4 Å². The van der Waals surface area contributed by atoms with Gasteiger partial charge in [-0.3, -0.25) is 4.79 Å². The Hall–Kier alpha value is -1.36. The molecule has 0 spiro atoms. The number of rotatable bonds is 5. The second-order valence-electron chi connectivity index (χ2n) is 6.65. The van der Waals surface area contributed by atoms with Crippen LogP contribution in [-0.4, -0.2) is 16.7 Å². The quantitative estimate of drug-likeness (QED) is 0.142. The minimum atomic E-state index is -0.180. The van der Waals surface area contributed by atoms with Crippen LogP contribution in [0, 0.1) is 7.14 Å². The molecule has 3 aromatic carbocycles. The SMILES string of the molecule is O=C(CCn1c2ccc(I)cc2c2cc(I)ccc21)N/N=C/c1c(Cl)cccc1Cl.